The number of hydrogen-bond acceptors (Lipinski definition) is 3. The van der Waals surface area contributed by atoms with Crippen LogP contribution in [0.5, 0.6) is 0 Å². The maximum Gasteiger partial charge on any atom is 0.232 e. The molecule has 10 heteroatoms. The maximum atomic E-state index is 12.9. The predicted octanol–water partition coefficient (Wildman–Crippen LogP) is 4.69. The van der Waals surface area contributed by atoms with Crippen LogP contribution in [0.25, 0.3) is 0 Å². The molecule has 158 valence electrons. The Kier molecular flexibility index (Phi) is 8.58. The van der Waals surface area contributed by atoms with E-state index in [9.17, 15) is 17.6 Å². The van der Waals surface area contributed by atoms with Gasteiger partial charge in [0.1, 0.15) is 5.82 Å². The van der Waals surface area contributed by atoms with Crippen molar-refractivity contribution in [1.29, 1.82) is 0 Å². The summed E-state index contributed by atoms with van der Waals surface area (Å²) in [6.45, 7) is 0.459. The Hall–Kier alpha value is -1.54. The lowest BCUT2D eigenvalue weighted by molar-refractivity contribution is -0.121. The highest BCUT2D eigenvalue weighted by Gasteiger charge is 2.21. The lowest BCUT2D eigenvalue weighted by Crippen LogP contribution is -2.32. The number of hydrogen-bond donors (Lipinski definition) is 1. The fraction of sp³-hybridized carbons (Fsp3) is 0.316. The van der Waals surface area contributed by atoms with Crippen molar-refractivity contribution < 1.29 is 17.6 Å². The van der Waals surface area contributed by atoms with Crippen LogP contribution in [0.4, 0.5) is 10.1 Å². The van der Waals surface area contributed by atoms with Crippen molar-refractivity contribution in [2.75, 3.05) is 23.7 Å². The monoisotopic (exact) mass is 480 g/mol. The summed E-state index contributed by atoms with van der Waals surface area (Å²) in [5, 5.41) is 3.30. The SMILES string of the molecule is CS(=O)(=O)N(CCCC(=O)NCCc1ccc(F)cc1)c1cc(Cl)c(Cl)cc1Cl. The number of benzene rings is 2. The molecule has 0 bridgehead atoms. The largest absolute Gasteiger partial charge is 0.356 e. The van der Waals surface area contributed by atoms with Crippen molar-refractivity contribution in [3.63, 3.8) is 0 Å². The van der Waals surface area contributed by atoms with E-state index in [4.69, 9.17) is 34.8 Å². The minimum Gasteiger partial charge on any atom is -0.356 e. The van der Waals surface area contributed by atoms with E-state index in [0.717, 1.165) is 16.1 Å². The van der Waals surface area contributed by atoms with Crippen molar-refractivity contribution in [1.82, 2.24) is 5.32 Å². The molecule has 0 radical (unpaired) electrons. The summed E-state index contributed by atoms with van der Waals surface area (Å²) in [5.41, 5.74) is 1.12. The van der Waals surface area contributed by atoms with Crippen molar-refractivity contribution >= 4 is 56.4 Å². The highest BCUT2D eigenvalue weighted by Crippen LogP contribution is 2.35. The molecule has 0 heterocycles. The maximum absolute atomic E-state index is 12.9. The fourth-order valence-corrected chi connectivity index (χ4v) is 4.30. The minimum absolute atomic E-state index is 0.0574. The lowest BCUT2D eigenvalue weighted by atomic mass is 10.1. The summed E-state index contributed by atoms with van der Waals surface area (Å²) in [6.07, 6.45) is 2.04. The van der Waals surface area contributed by atoms with Gasteiger partial charge in [0.05, 0.1) is 27.0 Å². The third-order valence-corrected chi connectivity index (χ3v) is 6.28. The molecular weight excluding hydrogens is 462 g/mol. The Bertz CT molecular complexity index is 969. The zero-order chi connectivity index (χ0) is 21.6. The molecule has 0 saturated carbocycles. The molecule has 0 aromatic heterocycles. The highest BCUT2D eigenvalue weighted by molar-refractivity contribution is 7.92. The first kappa shape index (κ1) is 23.7. The normalized spacial score (nSPS) is 11.3. The molecule has 1 amide bonds. The van der Waals surface area contributed by atoms with Crippen LogP contribution in [0.15, 0.2) is 36.4 Å². The van der Waals surface area contributed by atoms with Crippen LogP contribution in [-0.4, -0.2) is 33.7 Å². The van der Waals surface area contributed by atoms with Crippen LogP contribution in [0.3, 0.4) is 0 Å². The van der Waals surface area contributed by atoms with Gasteiger partial charge < -0.3 is 5.32 Å². The second-order valence-corrected chi connectivity index (χ2v) is 9.51. The Morgan fingerprint density at radius 3 is 2.31 bits per heavy atom. The number of rotatable bonds is 9. The standard InChI is InChI=1S/C19H20Cl3FN2O3S/c1-29(27,28)25(18-12-16(21)15(20)11-17(18)22)10-2-3-19(26)24-9-8-13-4-6-14(23)7-5-13/h4-7,11-12H,2-3,8-10H2,1H3,(H,24,26). The molecule has 29 heavy (non-hydrogen) atoms. The van der Waals surface area contributed by atoms with Crippen LogP contribution in [0, 0.1) is 5.82 Å². The van der Waals surface area contributed by atoms with Gasteiger partial charge in [0.2, 0.25) is 15.9 Å². The van der Waals surface area contributed by atoms with Crippen molar-refractivity contribution in [3.8, 4) is 0 Å². The van der Waals surface area contributed by atoms with Crippen LogP contribution >= 0.6 is 34.8 Å². The average molecular weight is 482 g/mol. The predicted molar refractivity (Wildman–Crippen MR) is 116 cm³/mol. The molecule has 0 atom stereocenters. The first-order valence-corrected chi connectivity index (χ1v) is 11.7. The number of amides is 1. The number of nitrogens with zero attached hydrogens (tertiary/aromatic N) is 1. The van der Waals surface area contributed by atoms with E-state index in [1.54, 1.807) is 12.1 Å². The van der Waals surface area contributed by atoms with E-state index < -0.39 is 10.0 Å². The quantitative estimate of drug-likeness (QED) is 0.528. The first-order chi connectivity index (χ1) is 13.6. The molecule has 2 rings (SSSR count). The van der Waals surface area contributed by atoms with E-state index >= 15 is 0 Å². The summed E-state index contributed by atoms with van der Waals surface area (Å²) in [5.74, 6) is -0.518. The molecule has 2 aromatic rings. The molecule has 0 saturated heterocycles. The molecule has 0 fully saturated rings. The van der Waals surface area contributed by atoms with Crippen LogP contribution in [0.1, 0.15) is 18.4 Å². The third kappa shape index (κ3) is 7.33. The zero-order valence-corrected chi connectivity index (χ0v) is 18.7. The number of halogens is 4. The number of carbonyl (C=O) groups is 1. The first-order valence-electron chi connectivity index (χ1n) is 8.71. The van der Waals surface area contributed by atoms with Gasteiger partial charge in [-0.2, -0.15) is 0 Å². The molecule has 0 aliphatic rings. The molecule has 1 N–H and O–H groups in total. The Morgan fingerprint density at radius 2 is 1.69 bits per heavy atom. The number of sulfonamides is 1. The molecular formula is C19H20Cl3FN2O3S. The van der Waals surface area contributed by atoms with E-state index in [0.29, 0.717) is 13.0 Å². The van der Waals surface area contributed by atoms with Gasteiger partial charge in [-0.05, 0) is 42.7 Å². The van der Waals surface area contributed by atoms with Gasteiger partial charge in [-0.25, -0.2) is 12.8 Å². The second kappa shape index (κ2) is 10.5. The van der Waals surface area contributed by atoms with E-state index in [-0.39, 0.29) is 51.9 Å². The summed E-state index contributed by atoms with van der Waals surface area (Å²) in [7, 11) is -3.64. The molecule has 2 aromatic carbocycles. The van der Waals surface area contributed by atoms with E-state index in [1.807, 2.05) is 0 Å². The van der Waals surface area contributed by atoms with Gasteiger partial charge in [-0.15, -0.1) is 0 Å². The fourth-order valence-electron chi connectivity index (χ4n) is 2.64. The van der Waals surface area contributed by atoms with Crippen LogP contribution < -0.4 is 9.62 Å². The highest BCUT2D eigenvalue weighted by atomic mass is 35.5. The molecule has 0 aliphatic carbocycles. The van der Waals surface area contributed by atoms with Gasteiger partial charge in [0, 0.05) is 19.5 Å². The number of nitrogens with one attached hydrogen (secondary N) is 1. The number of anilines is 1. The van der Waals surface area contributed by atoms with Gasteiger partial charge in [-0.1, -0.05) is 46.9 Å². The summed E-state index contributed by atoms with van der Waals surface area (Å²) >= 11 is 18.0. The molecule has 0 spiro atoms. The van der Waals surface area contributed by atoms with Gasteiger partial charge >= 0.3 is 0 Å². The summed E-state index contributed by atoms with van der Waals surface area (Å²) in [6, 6.07) is 8.81. The molecule has 0 aliphatic heterocycles. The van der Waals surface area contributed by atoms with Crippen molar-refractivity contribution in [2.24, 2.45) is 0 Å². The van der Waals surface area contributed by atoms with Gasteiger partial charge in [0.15, 0.2) is 0 Å². The zero-order valence-electron chi connectivity index (χ0n) is 15.6. The Labute approximate surface area is 184 Å². The Morgan fingerprint density at radius 1 is 1.07 bits per heavy atom. The lowest BCUT2D eigenvalue weighted by Gasteiger charge is -2.24. The van der Waals surface area contributed by atoms with Crippen molar-refractivity contribution in [2.45, 2.75) is 19.3 Å². The van der Waals surface area contributed by atoms with E-state index in [2.05, 4.69) is 5.32 Å². The summed E-state index contributed by atoms with van der Waals surface area (Å²) in [4.78, 5) is 12.0. The Balaban J connectivity index is 1.89. The van der Waals surface area contributed by atoms with Crippen LogP contribution in [0.2, 0.25) is 15.1 Å². The molecule has 0 unspecified atom stereocenters. The molecule has 5 nitrogen and oxygen atoms in total. The topological polar surface area (TPSA) is 66.5 Å². The smallest absolute Gasteiger partial charge is 0.232 e. The van der Waals surface area contributed by atoms with Crippen LogP contribution in [-0.2, 0) is 21.2 Å². The van der Waals surface area contributed by atoms with E-state index in [1.165, 1.54) is 24.3 Å². The van der Waals surface area contributed by atoms with Crippen molar-refractivity contribution in [3.05, 3.63) is 62.8 Å². The summed E-state index contributed by atoms with van der Waals surface area (Å²) < 4.78 is 38.3. The number of carbonyl (C=O) groups excluding carboxylic acids is 1. The van der Waals surface area contributed by atoms with Gasteiger partial charge in [0.25, 0.3) is 0 Å². The average Bonchev–Trinajstić information content (AvgIpc) is 2.63. The minimum atomic E-state index is -3.64. The third-order valence-electron chi connectivity index (χ3n) is 4.07. The second-order valence-electron chi connectivity index (χ2n) is 6.38. The van der Waals surface area contributed by atoms with Gasteiger partial charge in [-0.3, -0.25) is 9.10 Å².